The minimum atomic E-state index is -0.335. The molecule has 5 heteroatoms. The van der Waals surface area contributed by atoms with Crippen LogP contribution in [0.25, 0.3) is 0 Å². The van der Waals surface area contributed by atoms with Gasteiger partial charge in [-0.05, 0) is 31.4 Å². The van der Waals surface area contributed by atoms with Crippen molar-refractivity contribution in [3.63, 3.8) is 0 Å². The number of hydrazine groups is 1. The second-order valence-electron chi connectivity index (χ2n) is 5.45. The summed E-state index contributed by atoms with van der Waals surface area (Å²) in [6, 6.07) is 4.59. The molecule has 0 spiro atoms. The van der Waals surface area contributed by atoms with E-state index in [2.05, 4.69) is 5.43 Å². The Hall–Kier alpha value is -0.680. The maximum Gasteiger partial charge on any atom is 0.127 e. The molecule has 0 aliphatic heterocycles. The van der Waals surface area contributed by atoms with Crippen LogP contribution < -0.4 is 11.3 Å². The van der Waals surface area contributed by atoms with Crippen LogP contribution in [0.2, 0.25) is 5.02 Å². The number of nitrogens with one attached hydrogen (secondary N) is 1. The summed E-state index contributed by atoms with van der Waals surface area (Å²) in [5.41, 5.74) is 2.98. The summed E-state index contributed by atoms with van der Waals surface area (Å²) in [4.78, 5) is 0. The van der Waals surface area contributed by atoms with Gasteiger partial charge in [0.2, 0.25) is 0 Å². The van der Waals surface area contributed by atoms with Gasteiger partial charge in [0, 0.05) is 17.7 Å². The molecule has 1 saturated carbocycles. The zero-order valence-electron chi connectivity index (χ0n) is 11.8. The van der Waals surface area contributed by atoms with Crippen molar-refractivity contribution in [1.82, 2.24) is 5.43 Å². The molecule has 2 rings (SSSR count). The van der Waals surface area contributed by atoms with E-state index in [0.29, 0.717) is 17.0 Å². The topological polar surface area (TPSA) is 47.3 Å². The van der Waals surface area contributed by atoms with Gasteiger partial charge in [-0.25, -0.2) is 4.39 Å². The van der Waals surface area contributed by atoms with Gasteiger partial charge >= 0.3 is 0 Å². The Kier molecular flexibility index (Phi) is 5.38. The molecule has 0 aromatic heterocycles. The van der Waals surface area contributed by atoms with E-state index in [1.807, 2.05) is 0 Å². The monoisotopic (exact) mass is 300 g/mol. The molecule has 0 amide bonds. The minimum absolute atomic E-state index is 0.151. The molecular weight excluding hydrogens is 279 g/mol. The van der Waals surface area contributed by atoms with Crippen LogP contribution in [0.3, 0.4) is 0 Å². The summed E-state index contributed by atoms with van der Waals surface area (Å²) in [6.45, 7) is 0. The Bertz CT molecular complexity index is 429. The lowest BCUT2D eigenvalue weighted by molar-refractivity contribution is -0.0675. The Labute approximate surface area is 124 Å². The van der Waals surface area contributed by atoms with Gasteiger partial charge in [-0.2, -0.15) is 0 Å². The molecular formula is C15H22ClFN2O. The number of rotatable bonds is 5. The largest absolute Gasteiger partial charge is 0.377 e. The molecule has 1 fully saturated rings. The molecule has 0 saturated heterocycles. The van der Waals surface area contributed by atoms with E-state index in [0.717, 1.165) is 25.7 Å². The fourth-order valence-corrected chi connectivity index (χ4v) is 3.41. The van der Waals surface area contributed by atoms with Crippen LogP contribution in [0, 0.1) is 5.82 Å². The standard InChI is InChI=1S/C15H22ClFN2O/c1-20-15(8-3-2-4-9-15)14(19-18)10-11-12(16)6-5-7-13(11)17/h5-7,14,19H,2-4,8-10,18H2,1H3. The van der Waals surface area contributed by atoms with Gasteiger partial charge in [0.15, 0.2) is 0 Å². The third kappa shape index (κ3) is 3.14. The Balaban J connectivity index is 2.23. The highest BCUT2D eigenvalue weighted by Gasteiger charge is 2.40. The van der Waals surface area contributed by atoms with Gasteiger partial charge in [-0.1, -0.05) is 36.9 Å². The molecule has 1 unspecified atom stereocenters. The lowest BCUT2D eigenvalue weighted by Gasteiger charge is -2.42. The number of ether oxygens (including phenoxy) is 1. The SMILES string of the molecule is COC1(C(Cc2c(F)cccc2Cl)NN)CCCCC1. The molecule has 112 valence electrons. The molecule has 0 radical (unpaired) electrons. The van der Waals surface area contributed by atoms with Crippen molar-refractivity contribution >= 4 is 11.6 Å². The normalized spacial score (nSPS) is 19.8. The summed E-state index contributed by atoms with van der Waals surface area (Å²) < 4.78 is 19.7. The summed E-state index contributed by atoms with van der Waals surface area (Å²) in [7, 11) is 1.71. The first-order valence-corrected chi connectivity index (χ1v) is 7.45. The number of halogens is 2. The first-order valence-electron chi connectivity index (χ1n) is 7.07. The third-order valence-electron chi connectivity index (χ3n) is 4.41. The van der Waals surface area contributed by atoms with Gasteiger partial charge < -0.3 is 4.74 Å². The van der Waals surface area contributed by atoms with E-state index in [1.54, 1.807) is 19.2 Å². The van der Waals surface area contributed by atoms with Crippen molar-refractivity contribution in [3.8, 4) is 0 Å². The van der Waals surface area contributed by atoms with E-state index >= 15 is 0 Å². The summed E-state index contributed by atoms with van der Waals surface area (Å²) in [6.07, 6.45) is 5.72. The van der Waals surface area contributed by atoms with E-state index in [1.165, 1.54) is 12.5 Å². The molecule has 3 nitrogen and oxygen atoms in total. The number of nitrogens with two attached hydrogens (primary N) is 1. The lowest BCUT2D eigenvalue weighted by Crippen LogP contribution is -2.56. The van der Waals surface area contributed by atoms with Crippen molar-refractivity contribution in [1.29, 1.82) is 0 Å². The maximum absolute atomic E-state index is 13.9. The minimum Gasteiger partial charge on any atom is -0.377 e. The fraction of sp³-hybridized carbons (Fsp3) is 0.600. The van der Waals surface area contributed by atoms with Crippen LogP contribution in [0.1, 0.15) is 37.7 Å². The summed E-state index contributed by atoms with van der Waals surface area (Å²) in [5.74, 6) is 5.42. The highest BCUT2D eigenvalue weighted by Crippen LogP contribution is 2.36. The Morgan fingerprint density at radius 2 is 2.10 bits per heavy atom. The third-order valence-corrected chi connectivity index (χ3v) is 4.77. The van der Waals surface area contributed by atoms with Crippen LogP contribution in [-0.4, -0.2) is 18.8 Å². The van der Waals surface area contributed by atoms with E-state index < -0.39 is 0 Å². The number of hydrogen-bond acceptors (Lipinski definition) is 3. The smallest absolute Gasteiger partial charge is 0.127 e. The van der Waals surface area contributed by atoms with Crippen LogP contribution >= 0.6 is 11.6 Å². The van der Waals surface area contributed by atoms with Gasteiger partial charge in [-0.15, -0.1) is 0 Å². The van der Waals surface area contributed by atoms with Crippen LogP contribution in [0.5, 0.6) is 0 Å². The molecule has 1 aliphatic rings. The Morgan fingerprint density at radius 3 is 2.65 bits per heavy atom. The van der Waals surface area contributed by atoms with Crippen molar-refractivity contribution in [2.24, 2.45) is 5.84 Å². The quantitative estimate of drug-likeness (QED) is 0.648. The maximum atomic E-state index is 13.9. The summed E-state index contributed by atoms with van der Waals surface area (Å²) in [5, 5.41) is 0.437. The molecule has 1 aromatic rings. The van der Waals surface area contributed by atoms with Gasteiger partial charge in [-0.3, -0.25) is 11.3 Å². The van der Waals surface area contributed by atoms with Gasteiger partial charge in [0.05, 0.1) is 11.6 Å². The molecule has 3 N–H and O–H groups in total. The average Bonchev–Trinajstić information content (AvgIpc) is 2.48. The molecule has 20 heavy (non-hydrogen) atoms. The van der Waals surface area contributed by atoms with E-state index in [9.17, 15) is 4.39 Å². The van der Waals surface area contributed by atoms with Crippen LogP contribution in [0.4, 0.5) is 4.39 Å². The zero-order valence-corrected chi connectivity index (χ0v) is 12.5. The van der Waals surface area contributed by atoms with Gasteiger partial charge in [0.25, 0.3) is 0 Å². The van der Waals surface area contributed by atoms with Gasteiger partial charge in [0.1, 0.15) is 5.82 Å². The predicted octanol–water partition coefficient (Wildman–Crippen LogP) is 3.20. The van der Waals surface area contributed by atoms with Crippen LogP contribution in [0.15, 0.2) is 18.2 Å². The number of hydrogen-bond donors (Lipinski definition) is 2. The molecule has 0 heterocycles. The summed E-state index contributed by atoms with van der Waals surface area (Å²) >= 11 is 6.11. The van der Waals surface area contributed by atoms with E-state index in [4.69, 9.17) is 22.2 Å². The Morgan fingerprint density at radius 1 is 1.40 bits per heavy atom. The van der Waals surface area contributed by atoms with Crippen molar-refractivity contribution in [2.75, 3.05) is 7.11 Å². The second kappa shape index (κ2) is 6.85. The molecule has 1 atom stereocenters. The average molecular weight is 301 g/mol. The second-order valence-corrected chi connectivity index (χ2v) is 5.86. The number of benzene rings is 1. The van der Waals surface area contributed by atoms with Crippen molar-refractivity contribution in [2.45, 2.75) is 50.2 Å². The lowest BCUT2D eigenvalue weighted by atomic mass is 9.77. The van der Waals surface area contributed by atoms with Crippen molar-refractivity contribution in [3.05, 3.63) is 34.6 Å². The van der Waals surface area contributed by atoms with Crippen molar-refractivity contribution < 1.29 is 9.13 Å². The predicted molar refractivity (Wildman–Crippen MR) is 79.1 cm³/mol. The fourth-order valence-electron chi connectivity index (χ4n) is 3.17. The molecule has 1 aliphatic carbocycles. The highest BCUT2D eigenvalue weighted by atomic mass is 35.5. The van der Waals surface area contributed by atoms with Crippen LogP contribution in [-0.2, 0) is 11.2 Å². The zero-order chi connectivity index (χ0) is 14.6. The highest BCUT2D eigenvalue weighted by molar-refractivity contribution is 6.31. The van der Waals surface area contributed by atoms with E-state index in [-0.39, 0.29) is 17.5 Å². The first kappa shape index (κ1) is 15.7. The first-order chi connectivity index (χ1) is 9.63. The molecule has 1 aromatic carbocycles. The number of methoxy groups -OCH3 is 1. The molecule has 0 bridgehead atoms.